The molecule has 1 rings (SSSR count). The first kappa shape index (κ1) is 9.05. The Balaban J connectivity index is 2.48. The minimum absolute atomic E-state index is 0.319. The molecule has 0 aliphatic heterocycles. The lowest BCUT2D eigenvalue weighted by atomic mass is 10.3. The van der Waals surface area contributed by atoms with Crippen LogP contribution in [0.1, 0.15) is 5.56 Å². The van der Waals surface area contributed by atoms with Crippen LogP contribution in [-0.4, -0.2) is 11.6 Å². The van der Waals surface area contributed by atoms with Gasteiger partial charge in [0.05, 0.1) is 6.61 Å². The summed E-state index contributed by atoms with van der Waals surface area (Å²) in [6.45, 7) is 0.798. The van der Waals surface area contributed by atoms with E-state index in [0.29, 0.717) is 18.4 Å². The lowest BCUT2D eigenvalue weighted by Crippen LogP contribution is -1.92. The number of aromatic nitrogens is 1. The molecule has 0 bridgehead atoms. The van der Waals surface area contributed by atoms with Crippen LogP contribution in [-0.2, 0) is 11.3 Å². The SMILES string of the molecule is C#CCOCc1ccnc(Cl)c1. The summed E-state index contributed by atoms with van der Waals surface area (Å²) in [5, 5.41) is 0.469. The average Bonchev–Trinajstić information content (AvgIpc) is 2.05. The molecular weight excluding hydrogens is 174 g/mol. The normalized spacial score (nSPS) is 9.33. The van der Waals surface area contributed by atoms with Crippen molar-refractivity contribution in [2.24, 2.45) is 0 Å². The predicted molar refractivity (Wildman–Crippen MR) is 47.7 cm³/mol. The number of pyridine rings is 1. The van der Waals surface area contributed by atoms with Gasteiger partial charge in [0, 0.05) is 6.20 Å². The van der Waals surface area contributed by atoms with E-state index in [-0.39, 0.29) is 0 Å². The molecule has 0 fully saturated rings. The number of nitrogens with zero attached hydrogens (tertiary/aromatic N) is 1. The highest BCUT2D eigenvalue weighted by atomic mass is 35.5. The molecule has 0 saturated heterocycles. The Hall–Kier alpha value is -1.04. The zero-order valence-electron chi connectivity index (χ0n) is 6.46. The number of rotatable bonds is 3. The van der Waals surface area contributed by atoms with E-state index in [4.69, 9.17) is 22.8 Å². The second-order valence-corrected chi connectivity index (χ2v) is 2.57. The molecule has 1 aromatic heterocycles. The molecule has 62 valence electrons. The second kappa shape index (κ2) is 4.76. The minimum atomic E-state index is 0.319. The topological polar surface area (TPSA) is 22.1 Å². The van der Waals surface area contributed by atoms with Crippen LogP contribution in [0.25, 0.3) is 0 Å². The van der Waals surface area contributed by atoms with E-state index in [1.807, 2.05) is 6.07 Å². The maximum absolute atomic E-state index is 5.65. The zero-order valence-corrected chi connectivity index (χ0v) is 7.21. The van der Waals surface area contributed by atoms with Crippen LogP contribution in [0, 0.1) is 12.3 Å². The fourth-order valence-corrected chi connectivity index (χ4v) is 0.957. The van der Waals surface area contributed by atoms with E-state index in [9.17, 15) is 0 Å². The van der Waals surface area contributed by atoms with Gasteiger partial charge in [-0.05, 0) is 17.7 Å². The van der Waals surface area contributed by atoms with E-state index < -0.39 is 0 Å². The van der Waals surface area contributed by atoms with Gasteiger partial charge in [-0.25, -0.2) is 4.98 Å². The highest BCUT2D eigenvalue weighted by Crippen LogP contribution is 2.07. The van der Waals surface area contributed by atoms with Crippen molar-refractivity contribution in [3.05, 3.63) is 29.0 Å². The molecule has 0 aliphatic carbocycles. The van der Waals surface area contributed by atoms with Gasteiger partial charge in [0.1, 0.15) is 11.8 Å². The monoisotopic (exact) mass is 181 g/mol. The molecule has 12 heavy (non-hydrogen) atoms. The molecule has 0 radical (unpaired) electrons. The van der Waals surface area contributed by atoms with E-state index in [0.717, 1.165) is 5.56 Å². The summed E-state index contributed by atoms with van der Waals surface area (Å²) < 4.78 is 5.10. The van der Waals surface area contributed by atoms with Crippen LogP contribution in [0.4, 0.5) is 0 Å². The predicted octanol–water partition coefficient (Wildman–Crippen LogP) is 1.88. The van der Waals surface area contributed by atoms with Crippen molar-refractivity contribution in [3.8, 4) is 12.3 Å². The summed E-state index contributed by atoms with van der Waals surface area (Å²) in [5.41, 5.74) is 0.977. The van der Waals surface area contributed by atoms with Crippen molar-refractivity contribution < 1.29 is 4.74 Å². The Morgan fingerprint density at radius 2 is 2.50 bits per heavy atom. The molecule has 0 aliphatic rings. The van der Waals surface area contributed by atoms with Crippen molar-refractivity contribution in [3.63, 3.8) is 0 Å². The summed E-state index contributed by atoms with van der Waals surface area (Å²) in [6.07, 6.45) is 6.64. The molecule has 0 unspecified atom stereocenters. The first-order chi connectivity index (χ1) is 5.83. The van der Waals surface area contributed by atoms with E-state index in [1.54, 1.807) is 12.3 Å². The summed E-state index contributed by atoms with van der Waals surface area (Å²) in [6, 6.07) is 3.58. The third-order valence-electron chi connectivity index (χ3n) is 1.25. The Morgan fingerprint density at radius 3 is 3.17 bits per heavy atom. The van der Waals surface area contributed by atoms with Crippen LogP contribution in [0.15, 0.2) is 18.3 Å². The van der Waals surface area contributed by atoms with Crippen LogP contribution in [0.2, 0.25) is 5.15 Å². The second-order valence-electron chi connectivity index (χ2n) is 2.18. The van der Waals surface area contributed by atoms with Gasteiger partial charge in [0.25, 0.3) is 0 Å². The standard InChI is InChI=1S/C9H8ClNO/c1-2-5-12-7-8-3-4-11-9(10)6-8/h1,3-4,6H,5,7H2. The van der Waals surface area contributed by atoms with Gasteiger partial charge in [-0.1, -0.05) is 17.5 Å². The van der Waals surface area contributed by atoms with Crippen LogP contribution >= 0.6 is 11.6 Å². The number of terminal acetylenes is 1. The minimum Gasteiger partial charge on any atom is -0.364 e. The van der Waals surface area contributed by atoms with E-state index in [1.165, 1.54) is 0 Å². The summed E-state index contributed by atoms with van der Waals surface area (Å²) in [4.78, 5) is 3.84. The van der Waals surface area contributed by atoms with Gasteiger partial charge in [0.2, 0.25) is 0 Å². The molecule has 0 N–H and O–H groups in total. The van der Waals surface area contributed by atoms with Gasteiger partial charge in [-0.15, -0.1) is 6.42 Å². The van der Waals surface area contributed by atoms with Gasteiger partial charge in [-0.3, -0.25) is 0 Å². The summed E-state index contributed by atoms with van der Waals surface area (Å²) in [7, 11) is 0. The lowest BCUT2D eigenvalue weighted by molar-refractivity contribution is 0.153. The van der Waals surface area contributed by atoms with Crippen molar-refractivity contribution >= 4 is 11.6 Å². The van der Waals surface area contributed by atoms with Gasteiger partial charge < -0.3 is 4.74 Å². The smallest absolute Gasteiger partial charge is 0.129 e. The molecule has 1 heterocycles. The number of hydrogen-bond donors (Lipinski definition) is 0. The number of ether oxygens (including phenoxy) is 1. The summed E-state index contributed by atoms with van der Waals surface area (Å²) >= 11 is 5.65. The third-order valence-corrected chi connectivity index (χ3v) is 1.45. The third kappa shape index (κ3) is 2.91. The molecule has 0 saturated carbocycles. The maximum Gasteiger partial charge on any atom is 0.129 e. The fraction of sp³-hybridized carbons (Fsp3) is 0.222. The number of hydrogen-bond acceptors (Lipinski definition) is 2. The quantitative estimate of drug-likeness (QED) is 0.404. The molecule has 0 atom stereocenters. The molecule has 0 aromatic carbocycles. The first-order valence-corrected chi connectivity index (χ1v) is 3.82. The van der Waals surface area contributed by atoms with Crippen LogP contribution in [0.5, 0.6) is 0 Å². The Bertz CT molecular complexity index is 293. The zero-order chi connectivity index (χ0) is 8.81. The van der Waals surface area contributed by atoms with Gasteiger partial charge in [0.15, 0.2) is 0 Å². The van der Waals surface area contributed by atoms with Gasteiger partial charge in [-0.2, -0.15) is 0 Å². The highest BCUT2D eigenvalue weighted by molar-refractivity contribution is 6.29. The van der Waals surface area contributed by atoms with Crippen molar-refractivity contribution in [1.82, 2.24) is 4.98 Å². The average molecular weight is 182 g/mol. The van der Waals surface area contributed by atoms with E-state index in [2.05, 4.69) is 10.9 Å². The fourth-order valence-electron chi connectivity index (χ4n) is 0.760. The maximum atomic E-state index is 5.65. The largest absolute Gasteiger partial charge is 0.364 e. The van der Waals surface area contributed by atoms with Gasteiger partial charge >= 0.3 is 0 Å². The Kier molecular flexibility index (Phi) is 3.59. The lowest BCUT2D eigenvalue weighted by Gasteiger charge is -1.99. The van der Waals surface area contributed by atoms with Crippen molar-refractivity contribution in [2.45, 2.75) is 6.61 Å². The Morgan fingerprint density at radius 1 is 1.67 bits per heavy atom. The van der Waals surface area contributed by atoms with Crippen LogP contribution in [0.3, 0.4) is 0 Å². The number of halogens is 1. The molecule has 1 aromatic rings. The molecule has 0 spiro atoms. The summed E-state index contributed by atoms with van der Waals surface area (Å²) in [5.74, 6) is 2.38. The Labute approximate surface area is 76.5 Å². The molecule has 3 heteroatoms. The van der Waals surface area contributed by atoms with Crippen molar-refractivity contribution in [2.75, 3.05) is 6.61 Å². The van der Waals surface area contributed by atoms with Crippen molar-refractivity contribution in [1.29, 1.82) is 0 Å². The first-order valence-electron chi connectivity index (χ1n) is 3.44. The van der Waals surface area contributed by atoms with E-state index >= 15 is 0 Å². The highest BCUT2D eigenvalue weighted by Gasteiger charge is 1.93. The molecule has 2 nitrogen and oxygen atoms in total. The molecule has 0 amide bonds. The molecular formula is C9H8ClNO. The van der Waals surface area contributed by atoms with Crippen LogP contribution < -0.4 is 0 Å².